The largest absolute Gasteiger partial charge is 0.497 e. The summed E-state index contributed by atoms with van der Waals surface area (Å²) in [6, 6.07) is 6.67. The molecule has 7 nitrogen and oxygen atoms in total. The van der Waals surface area contributed by atoms with Crippen LogP contribution in [0.1, 0.15) is 19.3 Å². The number of ether oxygens (including phenoxy) is 1. The molecule has 0 aromatic heterocycles. The third-order valence-corrected chi connectivity index (χ3v) is 3.66. The smallest absolute Gasteiger partial charge is 0.319 e. The minimum absolute atomic E-state index is 0.119. The Bertz CT molecular complexity index is 533. The van der Waals surface area contributed by atoms with Crippen LogP contribution in [-0.2, 0) is 0 Å². The van der Waals surface area contributed by atoms with Gasteiger partial charge in [0.1, 0.15) is 11.6 Å². The zero-order valence-corrected chi connectivity index (χ0v) is 11.9. The van der Waals surface area contributed by atoms with Gasteiger partial charge in [0.05, 0.1) is 7.11 Å². The van der Waals surface area contributed by atoms with Gasteiger partial charge in [0.15, 0.2) is 0 Å². The molecule has 0 aliphatic heterocycles. The number of methoxy groups -OCH3 is 1. The third-order valence-electron chi connectivity index (χ3n) is 3.66. The van der Waals surface area contributed by atoms with E-state index in [1.54, 1.807) is 31.4 Å². The highest BCUT2D eigenvalue weighted by atomic mass is 16.5. The molecule has 2 atom stereocenters. The van der Waals surface area contributed by atoms with Crippen molar-refractivity contribution in [3.8, 4) is 5.75 Å². The Morgan fingerprint density at radius 3 is 3.00 bits per heavy atom. The van der Waals surface area contributed by atoms with Crippen molar-refractivity contribution in [3.63, 3.8) is 0 Å². The first-order chi connectivity index (χ1) is 10.1. The molecule has 2 amide bonds. The number of rotatable bonds is 4. The Kier molecular flexibility index (Phi) is 4.86. The van der Waals surface area contributed by atoms with Crippen LogP contribution in [0.15, 0.2) is 29.4 Å². The van der Waals surface area contributed by atoms with Crippen LogP contribution in [0, 0.1) is 5.92 Å². The molecule has 0 spiro atoms. The zero-order valence-electron chi connectivity index (χ0n) is 11.9. The van der Waals surface area contributed by atoms with Crippen molar-refractivity contribution in [2.45, 2.75) is 25.3 Å². The van der Waals surface area contributed by atoms with Crippen molar-refractivity contribution in [1.82, 2.24) is 5.32 Å². The van der Waals surface area contributed by atoms with Crippen LogP contribution >= 0.6 is 0 Å². The van der Waals surface area contributed by atoms with Crippen molar-refractivity contribution in [2.24, 2.45) is 16.8 Å². The van der Waals surface area contributed by atoms with Gasteiger partial charge < -0.3 is 26.3 Å². The fraction of sp³-hybridized carbons (Fsp3) is 0.429. The second-order valence-electron chi connectivity index (χ2n) is 5.00. The number of nitrogens with zero attached hydrogens (tertiary/aromatic N) is 1. The molecule has 2 unspecified atom stereocenters. The van der Waals surface area contributed by atoms with E-state index in [9.17, 15) is 4.79 Å². The number of carbonyl (C=O) groups is 1. The number of hydrogen-bond acceptors (Lipinski definition) is 4. The molecule has 1 saturated carbocycles. The summed E-state index contributed by atoms with van der Waals surface area (Å²) >= 11 is 0. The normalized spacial score (nSPS) is 21.9. The number of urea groups is 1. The monoisotopic (exact) mass is 292 g/mol. The predicted molar refractivity (Wildman–Crippen MR) is 79.7 cm³/mol. The Morgan fingerprint density at radius 2 is 2.29 bits per heavy atom. The van der Waals surface area contributed by atoms with E-state index >= 15 is 0 Å². The highest BCUT2D eigenvalue weighted by Gasteiger charge is 2.31. The van der Waals surface area contributed by atoms with Crippen LogP contribution in [0.3, 0.4) is 0 Å². The van der Waals surface area contributed by atoms with Crippen molar-refractivity contribution in [3.05, 3.63) is 24.3 Å². The van der Waals surface area contributed by atoms with Crippen LogP contribution in [0.4, 0.5) is 10.5 Å². The first kappa shape index (κ1) is 15.0. The minimum atomic E-state index is -0.314. The first-order valence-electron chi connectivity index (χ1n) is 6.83. The van der Waals surface area contributed by atoms with Gasteiger partial charge in [0, 0.05) is 23.7 Å². The number of nitrogens with one attached hydrogen (secondary N) is 2. The maximum atomic E-state index is 12.0. The van der Waals surface area contributed by atoms with Gasteiger partial charge in [0.2, 0.25) is 0 Å². The lowest BCUT2D eigenvalue weighted by Crippen LogP contribution is -2.44. The summed E-state index contributed by atoms with van der Waals surface area (Å²) in [6.45, 7) is 0. The fourth-order valence-electron chi connectivity index (χ4n) is 2.60. The molecule has 1 aromatic carbocycles. The van der Waals surface area contributed by atoms with Crippen molar-refractivity contribution < 1.29 is 14.7 Å². The minimum Gasteiger partial charge on any atom is -0.497 e. The number of oxime groups is 1. The summed E-state index contributed by atoms with van der Waals surface area (Å²) in [7, 11) is 1.57. The van der Waals surface area contributed by atoms with E-state index in [4.69, 9.17) is 15.7 Å². The number of carbonyl (C=O) groups excluding carboxylic acids is 1. The van der Waals surface area contributed by atoms with E-state index in [0.717, 1.165) is 19.3 Å². The molecular formula is C14H20N4O3. The third kappa shape index (κ3) is 3.77. The molecule has 0 bridgehead atoms. The number of benzene rings is 1. The lowest BCUT2D eigenvalue weighted by molar-refractivity contribution is 0.247. The molecule has 114 valence electrons. The maximum absolute atomic E-state index is 12.0. The van der Waals surface area contributed by atoms with E-state index in [2.05, 4.69) is 15.8 Å². The topological polar surface area (TPSA) is 109 Å². The standard InChI is InChI=1S/C14H20N4O3/c1-21-10-5-2-4-9(8-10)16-14(19)17-12-7-3-6-11(12)13(15)18-20/h2,4-5,8,11-12,20H,3,6-7H2,1H3,(H2,15,18)(H2,16,17,19). The van der Waals surface area contributed by atoms with Crippen LogP contribution in [0.5, 0.6) is 5.75 Å². The fourth-order valence-corrected chi connectivity index (χ4v) is 2.60. The van der Waals surface area contributed by atoms with Gasteiger partial charge in [-0.1, -0.05) is 17.6 Å². The summed E-state index contributed by atoms with van der Waals surface area (Å²) < 4.78 is 5.10. The molecule has 1 aliphatic rings. The molecule has 0 heterocycles. The highest BCUT2D eigenvalue weighted by molar-refractivity contribution is 5.90. The average molecular weight is 292 g/mol. The van der Waals surface area contributed by atoms with Crippen LogP contribution in [0.2, 0.25) is 0 Å². The number of amidine groups is 1. The second kappa shape index (κ2) is 6.83. The molecule has 0 saturated heterocycles. The molecule has 5 N–H and O–H groups in total. The van der Waals surface area contributed by atoms with Crippen molar-refractivity contribution in [1.29, 1.82) is 0 Å². The van der Waals surface area contributed by atoms with E-state index < -0.39 is 0 Å². The van der Waals surface area contributed by atoms with Gasteiger partial charge in [-0.15, -0.1) is 0 Å². The van der Waals surface area contributed by atoms with Crippen LogP contribution < -0.4 is 21.1 Å². The van der Waals surface area contributed by atoms with E-state index in [-0.39, 0.29) is 23.8 Å². The highest BCUT2D eigenvalue weighted by Crippen LogP contribution is 2.26. The van der Waals surface area contributed by atoms with Gasteiger partial charge in [-0.3, -0.25) is 0 Å². The lowest BCUT2D eigenvalue weighted by atomic mass is 10.0. The molecule has 7 heteroatoms. The van der Waals surface area contributed by atoms with Crippen LogP contribution in [-0.4, -0.2) is 30.2 Å². The average Bonchev–Trinajstić information content (AvgIpc) is 2.94. The Morgan fingerprint density at radius 1 is 1.48 bits per heavy atom. The molecule has 0 radical (unpaired) electrons. The van der Waals surface area contributed by atoms with Gasteiger partial charge in [0.25, 0.3) is 0 Å². The molecule has 21 heavy (non-hydrogen) atoms. The summed E-state index contributed by atoms with van der Waals surface area (Å²) in [5.74, 6) is 0.716. The quantitative estimate of drug-likeness (QED) is 0.293. The predicted octanol–water partition coefficient (Wildman–Crippen LogP) is 1.73. The molecule has 1 aliphatic carbocycles. The van der Waals surface area contributed by atoms with Gasteiger partial charge in [-0.2, -0.15) is 0 Å². The van der Waals surface area contributed by atoms with Crippen molar-refractivity contribution in [2.75, 3.05) is 12.4 Å². The lowest BCUT2D eigenvalue weighted by Gasteiger charge is -2.20. The Balaban J connectivity index is 1.95. The number of hydrogen-bond donors (Lipinski definition) is 4. The summed E-state index contributed by atoms with van der Waals surface area (Å²) in [6.07, 6.45) is 2.55. The Hall–Kier alpha value is -2.44. The summed E-state index contributed by atoms with van der Waals surface area (Å²) in [5.41, 5.74) is 6.29. The molecular weight excluding hydrogens is 272 g/mol. The Labute approximate surface area is 123 Å². The van der Waals surface area contributed by atoms with Gasteiger partial charge >= 0.3 is 6.03 Å². The summed E-state index contributed by atoms with van der Waals surface area (Å²) in [4.78, 5) is 12.0. The maximum Gasteiger partial charge on any atom is 0.319 e. The van der Waals surface area contributed by atoms with Crippen LogP contribution in [0.25, 0.3) is 0 Å². The first-order valence-corrected chi connectivity index (χ1v) is 6.83. The summed E-state index contributed by atoms with van der Waals surface area (Å²) in [5, 5.41) is 17.4. The number of amides is 2. The number of nitrogens with two attached hydrogens (primary N) is 1. The molecule has 1 fully saturated rings. The SMILES string of the molecule is COc1cccc(NC(=O)NC2CCCC2C(N)=NO)c1. The zero-order chi connectivity index (χ0) is 15.2. The van der Waals surface area contributed by atoms with E-state index in [1.807, 2.05) is 0 Å². The van der Waals surface area contributed by atoms with Gasteiger partial charge in [-0.25, -0.2) is 4.79 Å². The van der Waals surface area contributed by atoms with E-state index in [1.165, 1.54) is 0 Å². The van der Waals surface area contributed by atoms with E-state index in [0.29, 0.717) is 11.4 Å². The number of anilines is 1. The van der Waals surface area contributed by atoms with Crippen molar-refractivity contribution >= 4 is 17.6 Å². The molecule has 2 rings (SSSR count). The second-order valence-corrected chi connectivity index (χ2v) is 5.00. The molecule has 1 aromatic rings. The van der Waals surface area contributed by atoms with Gasteiger partial charge in [-0.05, 0) is 25.0 Å².